The Morgan fingerprint density at radius 2 is 1.87 bits per heavy atom. The van der Waals surface area contributed by atoms with Gasteiger partial charge in [0.15, 0.2) is 0 Å². The first-order chi connectivity index (χ1) is 13.9. The van der Waals surface area contributed by atoms with Crippen LogP contribution in [-0.4, -0.2) is 32.4 Å². The molecule has 2 heterocycles. The molecule has 3 rings (SSSR count). The maximum Gasteiger partial charge on any atom is 0.490 e. The summed E-state index contributed by atoms with van der Waals surface area (Å²) in [6.07, 6.45) is -5.08. The quantitative estimate of drug-likeness (QED) is 0.511. The molecule has 1 aromatic carbocycles. The zero-order chi connectivity index (χ0) is 22.6. The number of alkyl halides is 3. The van der Waals surface area contributed by atoms with Crippen LogP contribution in [0, 0.1) is 20.8 Å². The van der Waals surface area contributed by atoms with Gasteiger partial charge >= 0.3 is 12.1 Å². The van der Waals surface area contributed by atoms with Gasteiger partial charge in [-0.15, -0.1) is 0 Å². The Morgan fingerprint density at radius 1 is 1.23 bits per heavy atom. The van der Waals surface area contributed by atoms with Gasteiger partial charge in [-0.2, -0.15) is 18.3 Å². The molecule has 162 valence electrons. The topological polar surface area (TPSA) is 111 Å². The lowest BCUT2D eigenvalue weighted by molar-refractivity contribution is -0.192. The number of aromatic nitrogens is 3. The number of carbonyl (C=O) groups is 1. The highest BCUT2D eigenvalue weighted by Gasteiger charge is 2.38. The number of hydrogen-bond donors (Lipinski definition) is 4. The molecule has 1 atom stereocenters. The first kappa shape index (κ1) is 23.1. The molecule has 0 aliphatic carbocycles. The van der Waals surface area contributed by atoms with E-state index in [2.05, 4.69) is 53.4 Å². The summed E-state index contributed by atoms with van der Waals surface area (Å²) in [5.74, 6) is -2.76. The number of nitrogens with one attached hydrogen (secondary N) is 3. The van der Waals surface area contributed by atoms with E-state index < -0.39 is 12.1 Å². The SMILES string of the molecule is Cc1cc(CNC(C)c2ccc(=O)[nH]n2)c2[nH]c(C)c(C)c2c1.O=C(O)C(F)(F)F. The molecule has 0 bridgehead atoms. The molecule has 30 heavy (non-hydrogen) atoms. The molecule has 0 radical (unpaired) electrons. The van der Waals surface area contributed by atoms with Gasteiger partial charge in [0, 0.05) is 29.7 Å². The highest BCUT2D eigenvalue weighted by atomic mass is 19.4. The Morgan fingerprint density at radius 3 is 2.40 bits per heavy atom. The lowest BCUT2D eigenvalue weighted by atomic mass is 10.0. The summed E-state index contributed by atoms with van der Waals surface area (Å²) < 4.78 is 31.7. The van der Waals surface area contributed by atoms with Gasteiger partial charge in [0.05, 0.1) is 11.2 Å². The number of aromatic amines is 2. The summed E-state index contributed by atoms with van der Waals surface area (Å²) in [4.78, 5) is 23.5. The van der Waals surface area contributed by atoms with Crippen LogP contribution in [0.15, 0.2) is 29.1 Å². The number of nitrogens with zero attached hydrogens (tertiary/aromatic N) is 1. The van der Waals surface area contributed by atoms with Crippen LogP contribution in [0.2, 0.25) is 0 Å². The average Bonchev–Trinajstić information content (AvgIpc) is 2.94. The van der Waals surface area contributed by atoms with E-state index in [-0.39, 0.29) is 11.6 Å². The summed E-state index contributed by atoms with van der Waals surface area (Å²) in [7, 11) is 0. The standard InChI is InChI=1S/C18H22N4O.C2HF3O2/c1-10-7-14(18-15(8-10)11(2)12(3)20-18)9-19-13(4)16-5-6-17(23)22-21-16;3-2(4,5)1(6)7/h5-8,13,19-20H,9H2,1-4H3,(H,22,23);(H,6,7). The van der Waals surface area contributed by atoms with Crippen molar-refractivity contribution in [1.29, 1.82) is 0 Å². The molecule has 0 aliphatic heterocycles. The van der Waals surface area contributed by atoms with Crippen LogP contribution in [0.25, 0.3) is 10.9 Å². The van der Waals surface area contributed by atoms with Gasteiger partial charge in [-0.3, -0.25) is 4.79 Å². The van der Waals surface area contributed by atoms with Crippen LogP contribution < -0.4 is 10.9 Å². The summed E-state index contributed by atoms with van der Waals surface area (Å²) in [6, 6.07) is 7.75. The number of H-pyrrole nitrogens is 2. The predicted octanol–water partition coefficient (Wildman–Crippen LogP) is 3.66. The fourth-order valence-corrected chi connectivity index (χ4v) is 2.89. The smallest absolute Gasteiger partial charge is 0.475 e. The minimum absolute atomic E-state index is 0.0552. The Labute approximate surface area is 170 Å². The fraction of sp³-hybridized carbons (Fsp3) is 0.350. The number of hydrogen-bond acceptors (Lipinski definition) is 4. The van der Waals surface area contributed by atoms with E-state index in [1.807, 2.05) is 6.92 Å². The highest BCUT2D eigenvalue weighted by Crippen LogP contribution is 2.26. The predicted molar refractivity (Wildman–Crippen MR) is 106 cm³/mol. The van der Waals surface area contributed by atoms with Gasteiger partial charge < -0.3 is 15.4 Å². The molecule has 2 aromatic heterocycles. The number of carboxylic acid groups (broad SMARTS) is 1. The van der Waals surface area contributed by atoms with Crippen LogP contribution in [0.4, 0.5) is 13.2 Å². The molecule has 4 N–H and O–H groups in total. The van der Waals surface area contributed by atoms with E-state index >= 15 is 0 Å². The first-order valence-electron chi connectivity index (χ1n) is 9.07. The molecule has 0 saturated heterocycles. The number of rotatable bonds is 4. The van der Waals surface area contributed by atoms with E-state index in [1.54, 1.807) is 6.07 Å². The van der Waals surface area contributed by atoms with Crippen LogP contribution in [0.5, 0.6) is 0 Å². The molecular weight excluding hydrogens is 401 g/mol. The molecule has 7 nitrogen and oxygen atoms in total. The Kier molecular flexibility index (Phi) is 7.04. The third-order valence-electron chi connectivity index (χ3n) is 4.63. The van der Waals surface area contributed by atoms with E-state index in [9.17, 15) is 18.0 Å². The number of carboxylic acids is 1. The van der Waals surface area contributed by atoms with Gasteiger partial charge in [0.1, 0.15) is 0 Å². The Balaban J connectivity index is 0.000000396. The second-order valence-corrected chi connectivity index (χ2v) is 6.97. The molecule has 0 spiro atoms. The molecule has 0 aliphatic rings. The largest absolute Gasteiger partial charge is 0.490 e. The van der Waals surface area contributed by atoms with Crippen molar-refractivity contribution in [2.45, 2.75) is 46.5 Å². The van der Waals surface area contributed by atoms with Crippen LogP contribution in [0.3, 0.4) is 0 Å². The number of aliphatic carboxylic acids is 1. The zero-order valence-electron chi connectivity index (χ0n) is 16.9. The molecule has 0 fully saturated rings. The lowest BCUT2D eigenvalue weighted by Crippen LogP contribution is -2.21. The fourth-order valence-electron chi connectivity index (χ4n) is 2.89. The van der Waals surface area contributed by atoms with Gasteiger partial charge in [0.2, 0.25) is 0 Å². The van der Waals surface area contributed by atoms with E-state index in [0.29, 0.717) is 0 Å². The third-order valence-corrected chi connectivity index (χ3v) is 4.63. The van der Waals surface area contributed by atoms with Gasteiger partial charge in [-0.05, 0) is 51.0 Å². The molecule has 0 saturated carbocycles. The highest BCUT2D eigenvalue weighted by molar-refractivity contribution is 5.87. The first-order valence-corrected chi connectivity index (χ1v) is 9.07. The molecule has 3 aromatic rings. The Hall–Kier alpha value is -3.14. The van der Waals surface area contributed by atoms with Crippen molar-refractivity contribution < 1.29 is 23.1 Å². The van der Waals surface area contributed by atoms with E-state index in [1.165, 1.54) is 39.4 Å². The van der Waals surface area contributed by atoms with Crippen molar-refractivity contribution in [2.75, 3.05) is 0 Å². The van der Waals surface area contributed by atoms with Crippen LogP contribution in [0.1, 0.15) is 41.0 Å². The lowest BCUT2D eigenvalue weighted by Gasteiger charge is -2.14. The average molecular weight is 424 g/mol. The molecule has 0 amide bonds. The summed E-state index contributed by atoms with van der Waals surface area (Å²) in [5.41, 5.74) is 6.85. The third kappa shape index (κ3) is 5.69. The van der Waals surface area contributed by atoms with Gasteiger partial charge in [0.25, 0.3) is 5.56 Å². The maximum atomic E-state index is 11.1. The number of fused-ring (bicyclic) bond motifs is 1. The van der Waals surface area contributed by atoms with Gasteiger partial charge in [-0.25, -0.2) is 9.89 Å². The van der Waals surface area contributed by atoms with Crippen LogP contribution >= 0.6 is 0 Å². The summed E-state index contributed by atoms with van der Waals surface area (Å²) in [5, 5.41) is 18.4. The van der Waals surface area contributed by atoms with Crippen molar-refractivity contribution in [3.8, 4) is 0 Å². The summed E-state index contributed by atoms with van der Waals surface area (Å²) >= 11 is 0. The minimum Gasteiger partial charge on any atom is -0.475 e. The number of halogens is 3. The van der Waals surface area contributed by atoms with Crippen molar-refractivity contribution in [2.24, 2.45) is 0 Å². The minimum atomic E-state index is -5.08. The van der Waals surface area contributed by atoms with E-state index in [0.717, 1.165) is 12.2 Å². The molecule has 10 heteroatoms. The number of aryl methyl sites for hydroxylation is 3. The number of benzene rings is 1. The van der Waals surface area contributed by atoms with Crippen molar-refractivity contribution >= 4 is 16.9 Å². The maximum absolute atomic E-state index is 11.1. The van der Waals surface area contributed by atoms with Crippen LogP contribution in [-0.2, 0) is 11.3 Å². The summed E-state index contributed by atoms with van der Waals surface area (Å²) in [6.45, 7) is 9.16. The van der Waals surface area contributed by atoms with Gasteiger partial charge in [-0.1, -0.05) is 11.6 Å². The Bertz CT molecular complexity index is 1080. The van der Waals surface area contributed by atoms with Crippen molar-refractivity contribution in [3.05, 3.63) is 62.7 Å². The molecule has 1 unspecified atom stereocenters. The molecular formula is C20H23F3N4O3. The second kappa shape index (κ2) is 9.12. The van der Waals surface area contributed by atoms with E-state index in [4.69, 9.17) is 9.90 Å². The zero-order valence-corrected chi connectivity index (χ0v) is 16.9. The van der Waals surface area contributed by atoms with Crippen molar-refractivity contribution in [3.63, 3.8) is 0 Å². The normalized spacial score (nSPS) is 12.4. The second-order valence-electron chi connectivity index (χ2n) is 6.97. The van der Waals surface area contributed by atoms with Crippen molar-refractivity contribution in [1.82, 2.24) is 20.5 Å². The monoisotopic (exact) mass is 424 g/mol.